The van der Waals surface area contributed by atoms with Gasteiger partial charge >= 0.3 is 0 Å². The van der Waals surface area contributed by atoms with Gasteiger partial charge in [0.2, 0.25) is 12.3 Å². The average Bonchev–Trinajstić information content (AvgIpc) is 3.21. The number of nitro benzene ring substituents is 1. The molecule has 7 heteroatoms. The molecule has 0 spiro atoms. The number of carbonyl (C=O) groups excluding carboxylic acids is 2. The van der Waals surface area contributed by atoms with Crippen LogP contribution in [0.1, 0.15) is 18.4 Å². The first kappa shape index (κ1) is 14.6. The molecule has 0 unspecified atom stereocenters. The minimum atomic E-state index is -0.396. The van der Waals surface area contributed by atoms with E-state index in [1.165, 1.54) is 6.07 Å². The normalized spacial score (nSPS) is 12.7. The molecule has 1 aromatic rings. The van der Waals surface area contributed by atoms with Gasteiger partial charge in [0.25, 0.3) is 5.69 Å². The number of benzene rings is 1. The molecule has 7 nitrogen and oxygen atoms in total. The van der Waals surface area contributed by atoms with E-state index in [0.717, 1.165) is 18.4 Å². The smallest absolute Gasteiger partial charge is 0.269 e. The second-order valence-corrected chi connectivity index (χ2v) is 4.12. The van der Waals surface area contributed by atoms with E-state index >= 15 is 0 Å². The molecular weight excluding hydrogens is 250 g/mol. The van der Waals surface area contributed by atoms with Crippen LogP contribution in [0.25, 0.3) is 0 Å². The van der Waals surface area contributed by atoms with Crippen LogP contribution in [0.3, 0.4) is 0 Å². The maximum Gasteiger partial charge on any atom is 0.269 e. The number of hydrogen-bond donors (Lipinski definition) is 2. The first-order valence-electron chi connectivity index (χ1n) is 5.74. The van der Waals surface area contributed by atoms with Gasteiger partial charge < -0.3 is 0 Å². The zero-order chi connectivity index (χ0) is 14.3. The van der Waals surface area contributed by atoms with E-state index in [4.69, 9.17) is 0 Å². The highest BCUT2D eigenvalue weighted by molar-refractivity contribution is 5.81. The van der Waals surface area contributed by atoms with Gasteiger partial charge in [-0.15, -0.1) is 0 Å². The summed E-state index contributed by atoms with van der Waals surface area (Å²) in [5.74, 6) is 0.0690. The number of amides is 2. The van der Waals surface area contributed by atoms with E-state index in [1.807, 2.05) is 13.0 Å². The highest BCUT2D eigenvalue weighted by Crippen LogP contribution is 2.28. The largest absolute Gasteiger partial charge is 0.277 e. The van der Waals surface area contributed by atoms with Crippen LogP contribution in [0.15, 0.2) is 24.3 Å². The highest BCUT2D eigenvalue weighted by atomic mass is 16.6. The predicted octanol–water partition coefficient (Wildman–Crippen LogP) is 1.08. The second kappa shape index (κ2) is 7.10. The van der Waals surface area contributed by atoms with Crippen molar-refractivity contribution in [1.82, 2.24) is 10.9 Å². The second-order valence-electron chi connectivity index (χ2n) is 4.12. The van der Waals surface area contributed by atoms with E-state index in [1.54, 1.807) is 12.1 Å². The Bertz CT molecular complexity index is 472. The summed E-state index contributed by atoms with van der Waals surface area (Å²) in [6.45, 7) is 1.83. The molecule has 1 fully saturated rings. The molecule has 102 valence electrons. The van der Waals surface area contributed by atoms with Gasteiger partial charge in [0, 0.05) is 18.1 Å². The molecule has 0 radical (unpaired) electrons. The van der Waals surface area contributed by atoms with Crippen molar-refractivity contribution in [2.45, 2.75) is 19.8 Å². The van der Waals surface area contributed by atoms with Crippen molar-refractivity contribution in [2.24, 2.45) is 5.92 Å². The van der Waals surface area contributed by atoms with Crippen LogP contribution in [0.4, 0.5) is 5.69 Å². The van der Waals surface area contributed by atoms with Crippen LogP contribution in [0.5, 0.6) is 0 Å². The minimum Gasteiger partial charge on any atom is -0.277 e. The molecular formula is C12H15N3O4. The van der Waals surface area contributed by atoms with Gasteiger partial charge in [0.05, 0.1) is 4.92 Å². The number of nitrogens with zero attached hydrogens (tertiary/aromatic N) is 1. The lowest BCUT2D eigenvalue weighted by atomic mass is 10.2. The zero-order valence-corrected chi connectivity index (χ0v) is 10.5. The van der Waals surface area contributed by atoms with Crippen LogP contribution in [0.2, 0.25) is 0 Å². The van der Waals surface area contributed by atoms with Gasteiger partial charge in [0.1, 0.15) is 0 Å². The van der Waals surface area contributed by atoms with Gasteiger partial charge in [-0.05, 0) is 25.3 Å². The molecule has 2 rings (SSSR count). The molecule has 1 aliphatic carbocycles. The average molecular weight is 265 g/mol. The van der Waals surface area contributed by atoms with Gasteiger partial charge in [-0.2, -0.15) is 0 Å². The molecule has 0 aliphatic heterocycles. The summed E-state index contributed by atoms with van der Waals surface area (Å²) >= 11 is 0. The third-order valence-electron chi connectivity index (χ3n) is 2.41. The van der Waals surface area contributed by atoms with E-state index in [2.05, 4.69) is 10.9 Å². The standard InChI is InChI=1S/C7H7NO2.C5H8N2O2/c1-6-3-2-4-7(5-6)8(9)10;8-3-6-7-5(9)4-1-2-4/h2-5H,1H3;3-4H,1-2H2,(H,6,8)(H,7,9). The van der Waals surface area contributed by atoms with Crippen LogP contribution >= 0.6 is 0 Å². The lowest BCUT2D eigenvalue weighted by Crippen LogP contribution is -2.37. The molecule has 1 aliphatic rings. The quantitative estimate of drug-likeness (QED) is 0.483. The summed E-state index contributed by atoms with van der Waals surface area (Å²) in [4.78, 5) is 30.0. The fraction of sp³-hybridized carbons (Fsp3) is 0.333. The molecule has 1 aromatic carbocycles. The topological polar surface area (TPSA) is 101 Å². The Morgan fingerprint density at radius 1 is 1.47 bits per heavy atom. The van der Waals surface area contributed by atoms with Gasteiger partial charge in [-0.1, -0.05) is 12.1 Å². The van der Waals surface area contributed by atoms with Crippen LogP contribution in [-0.4, -0.2) is 17.2 Å². The Morgan fingerprint density at radius 3 is 2.58 bits per heavy atom. The Kier molecular flexibility index (Phi) is 5.46. The number of rotatable bonds is 4. The summed E-state index contributed by atoms with van der Waals surface area (Å²) in [6.07, 6.45) is 2.35. The molecule has 0 aromatic heterocycles. The molecule has 0 heterocycles. The molecule has 19 heavy (non-hydrogen) atoms. The number of nitro groups is 1. The molecule has 2 N–H and O–H groups in total. The van der Waals surface area contributed by atoms with Crippen LogP contribution < -0.4 is 10.9 Å². The van der Waals surface area contributed by atoms with Crippen molar-refractivity contribution < 1.29 is 14.5 Å². The highest BCUT2D eigenvalue weighted by Gasteiger charge is 2.29. The Balaban J connectivity index is 0.000000191. The maximum atomic E-state index is 10.6. The predicted molar refractivity (Wildman–Crippen MR) is 67.9 cm³/mol. The summed E-state index contributed by atoms with van der Waals surface area (Å²) in [5.41, 5.74) is 5.39. The third-order valence-corrected chi connectivity index (χ3v) is 2.41. The van der Waals surface area contributed by atoms with Crippen molar-refractivity contribution in [2.75, 3.05) is 0 Å². The van der Waals surface area contributed by atoms with E-state index in [-0.39, 0.29) is 17.5 Å². The number of nitrogens with one attached hydrogen (secondary N) is 2. The third kappa shape index (κ3) is 5.62. The summed E-state index contributed by atoms with van der Waals surface area (Å²) in [6, 6.07) is 6.52. The van der Waals surface area contributed by atoms with E-state index < -0.39 is 4.92 Å². The lowest BCUT2D eigenvalue weighted by Gasteiger charge is -1.97. The van der Waals surface area contributed by atoms with Gasteiger partial charge in [0.15, 0.2) is 0 Å². The Labute approximate surface area is 110 Å². The van der Waals surface area contributed by atoms with E-state index in [9.17, 15) is 19.7 Å². The summed E-state index contributed by atoms with van der Waals surface area (Å²) < 4.78 is 0. The fourth-order valence-electron chi connectivity index (χ4n) is 1.29. The molecule has 2 amide bonds. The first-order valence-corrected chi connectivity index (χ1v) is 5.74. The first-order chi connectivity index (χ1) is 9.04. The lowest BCUT2D eigenvalue weighted by molar-refractivity contribution is -0.384. The molecule has 0 bridgehead atoms. The van der Waals surface area contributed by atoms with Crippen molar-refractivity contribution in [3.8, 4) is 0 Å². The monoisotopic (exact) mass is 265 g/mol. The SMILES string of the molecule is Cc1cccc([N+](=O)[O-])c1.O=CNNC(=O)C1CC1. The van der Waals surface area contributed by atoms with Crippen LogP contribution in [0, 0.1) is 23.0 Å². The van der Waals surface area contributed by atoms with Crippen LogP contribution in [-0.2, 0) is 9.59 Å². The van der Waals surface area contributed by atoms with Crippen molar-refractivity contribution >= 4 is 18.0 Å². The summed E-state index contributed by atoms with van der Waals surface area (Å²) in [5, 5.41) is 10.2. The van der Waals surface area contributed by atoms with E-state index in [0.29, 0.717) is 6.41 Å². The Hall–Kier alpha value is -2.44. The number of carbonyl (C=O) groups is 2. The van der Waals surface area contributed by atoms with Crippen molar-refractivity contribution in [3.05, 3.63) is 39.9 Å². The molecule has 0 saturated heterocycles. The molecule has 1 saturated carbocycles. The maximum absolute atomic E-state index is 10.6. The molecule has 0 atom stereocenters. The number of hydrazine groups is 1. The Morgan fingerprint density at radius 2 is 2.16 bits per heavy atom. The summed E-state index contributed by atoms with van der Waals surface area (Å²) in [7, 11) is 0. The van der Waals surface area contributed by atoms with Crippen molar-refractivity contribution in [3.63, 3.8) is 0 Å². The van der Waals surface area contributed by atoms with Gasteiger partial charge in [-0.3, -0.25) is 30.6 Å². The van der Waals surface area contributed by atoms with Gasteiger partial charge in [-0.25, -0.2) is 0 Å². The number of aryl methyl sites for hydroxylation is 1. The van der Waals surface area contributed by atoms with Crippen molar-refractivity contribution in [1.29, 1.82) is 0 Å². The number of non-ortho nitro benzene ring substituents is 1. The zero-order valence-electron chi connectivity index (χ0n) is 10.5. The fourth-order valence-corrected chi connectivity index (χ4v) is 1.29. The number of hydrogen-bond acceptors (Lipinski definition) is 4. The minimum absolute atomic E-state index is 0.0814.